The Kier molecular flexibility index (Phi) is 4.05. The van der Waals surface area contributed by atoms with E-state index in [-0.39, 0.29) is 17.8 Å². The van der Waals surface area contributed by atoms with Crippen molar-refractivity contribution in [1.29, 1.82) is 0 Å². The molecule has 0 atom stereocenters. The first kappa shape index (κ1) is 16.7. The zero-order valence-electron chi connectivity index (χ0n) is 14.5. The van der Waals surface area contributed by atoms with Crippen LogP contribution in [0, 0.1) is 0 Å². The summed E-state index contributed by atoms with van der Waals surface area (Å²) in [5.74, 6) is -1.01. The quantitative estimate of drug-likeness (QED) is 0.526. The molecule has 0 saturated carbocycles. The summed E-state index contributed by atoms with van der Waals surface area (Å²) in [6.07, 6.45) is 0. The highest BCUT2D eigenvalue weighted by molar-refractivity contribution is 6.34. The summed E-state index contributed by atoms with van der Waals surface area (Å²) in [6.45, 7) is 0. The Bertz CT molecular complexity index is 1020. The van der Waals surface area contributed by atoms with Gasteiger partial charge in [0.05, 0.1) is 29.5 Å². The second-order valence-corrected chi connectivity index (χ2v) is 6.11. The molecule has 1 heterocycles. The zero-order valence-corrected chi connectivity index (χ0v) is 14.5. The molecule has 0 aromatic heterocycles. The van der Waals surface area contributed by atoms with Crippen molar-refractivity contribution in [2.45, 2.75) is 0 Å². The summed E-state index contributed by atoms with van der Waals surface area (Å²) >= 11 is 0. The lowest BCUT2D eigenvalue weighted by Gasteiger charge is -2.14. The van der Waals surface area contributed by atoms with Crippen LogP contribution in [0.3, 0.4) is 0 Å². The largest absolute Gasteiger partial charge is 0.465 e. The van der Waals surface area contributed by atoms with E-state index in [0.29, 0.717) is 22.4 Å². The van der Waals surface area contributed by atoms with Crippen LogP contribution in [-0.2, 0) is 4.74 Å². The number of amides is 2. The minimum atomic E-state index is -0.387. The van der Waals surface area contributed by atoms with Gasteiger partial charge in [0.1, 0.15) is 0 Å². The maximum absolute atomic E-state index is 12.6. The Morgan fingerprint density at radius 3 is 1.70 bits per heavy atom. The van der Waals surface area contributed by atoms with Crippen molar-refractivity contribution in [3.63, 3.8) is 0 Å². The van der Waals surface area contributed by atoms with Gasteiger partial charge in [-0.2, -0.15) is 0 Å². The average Bonchev–Trinajstić information content (AvgIpc) is 2.98. The molecule has 1 aliphatic rings. The van der Waals surface area contributed by atoms with Gasteiger partial charge >= 0.3 is 5.97 Å². The number of benzene rings is 3. The number of hydrogen-bond acceptors (Lipinski definition) is 4. The molecular weight excluding hydrogens is 342 g/mol. The summed E-state index contributed by atoms with van der Waals surface area (Å²) in [7, 11) is 1.34. The van der Waals surface area contributed by atoms with E-state index >= 15 is 0 Å². The SMILES string of the molecule is COC(=O)c1ccc(-c2ccc(N3C(=O)c4ccccc4C3=O)cc2)cc1. The number of fused-ring (bicyclic) bond motifs is 1. The normalized spacial score (nSPS) is 12.9. The zero-order chi connectivity index (χ0) is 19.0. The molecule has 0 unspecified atom stereocenters. The van der Waals surface area contributed by atoms with E-state index in [1.54, 1.807) is 48.5 Å². The molecule has 0 saturated heterocycles. The van der Waals surface area contributed by atoms with Gasteiger partial charge in [-0.05, 0) is 47.5 Å². The molecule has 132 valence electrons. The summed E-state index contributed by atoms with van der Waals surface area (Å²) < 4.78 is 4.69. The second-order valence-electron chi connectivity index (χ2n) is 6.11. The van der Waals surface area contributed by atoms with Crippen LogP contribution in [0.1, 0.15) is 31.1 Å². The molecule has 5 nitrogen and oxygen atoms in total. The molecule has 3 aromatic carbocycles. The number of carbonyl (C=O) groups is 3. The molecular formula is C22H15NO4. The van der Waals surface area contributed by atoms with Gasteiger partial charge < -0.3 is 4.74 Å². The molecule has 1 aliphatic heterocycles. The van der Waals surface area contributed by atoms with Gasteiger partial charge in [0.2, 0.25) is 0 Å². The van der Waals surface area contributed by atoms with Crippen molar-refractivity contribution in [2.75, 3.05) is 12.0 Å². The van der Waals surface area contributed by atoms with Crippen molar-refractivity contribution >= 4 is 23.5 Å². The number of ether oxygens (including phenoxy) is 1. The first-order valence-electron chi connectivity index (χ1n) is 8.37. The fourth-order valence-electron chi connectivity index (χ4n) is 3.14. The molecule has 3 aromatic rings. The van der Waals surface area contributed by atoms with Gasteiger partial charge in [-0.3, -0.25) is 9.59 Å². The van der Waals surface area contributed by atoms with E-state index in [4.69, 9.17) is 4.74 Å². The monoisotopic (exact) mass is 357 g/mol. The average molecular weight is 357 g/mol. The molecule has 0 N–H and O–H groups in total. The molecule has 0 radical (unpaired) electrons. The van der Waals surface area contributed by atoms with E-state index in [2.05, 4.69) is 0 Å². The molecule has 0 aliphatic carbocycles. The molecule has 27 heavy (non-hydrogen) atoms. The van der Waals surface area contributed by atoms with Crippen LogP contribution in [0.15, 0.2) is 72.8 Å². The molecule has 0 spiro atoms. The first-order chi connectivity index (χ1) is 13.1. The molecule has 4 rings (SSSR count). The third-order valence-corrected chi connectivity index (χ3v) is 4.56. The van der Waals surface area contributed by atoms with Crippen LogP contribution in [0.5, 0.6) is 0 Å². The Balaban J connectivity index is 1.61. The van der Waals surface area contributed by atoms with Crippen molar-refractivity contribution in [3.05, 3.63) is 89.5 Å². The van der Waals surface area contributed by atoms with E-state index in [0.717, 1.165) is 11.1 Å². The van der Waals surface area contributed by atoms with Gasteiger partial charge in [-0.25, -0.2) is 9.69 Å². The highest BCUT2D eigenvalue weighted by Crippen LogP contribution is 2.30. The molecule has 0 fully saturated rings. The number of nitrogens with zero attached hydrogens (tertiary/aromatic N) is 1. The fraction of sp³-hybridized carbons (Fsp3) is 0.0455. The summed E-state index contributed by atoms with van der Waals surface area (Å²) in [6, 6.07) is 21.0. The third kappa shape index (κ3) is 2.79. The summed E-state index contributed by atoms with van der Waals surface area (Å²) in [4.78, 5) is 37.8. The number of hydrogen-bond donors (Lipinski definition) is 0. The van der Waals surface area contributed by atoms with Crippen molar-refractivity contribution in [1.82, 2.24) is 0 Å². The Morgan fingerprint density at radius 1 is 0.741 bits per heavy atom. The predicted octanol–water partition coefficient (Wildman–Crippen LogP) is 3.94. The van der Waals surface area contributed by atoms with Crippen LogP contribution in [0.4, 0.5) is 5.69 Å². The minimum absolute atomic E-state index is 0.314. The lowest BCUT2D eigenvalue weighted by molar-refractivity contribution is 0.0600. The molecule has 5 heteroatoms. The molecule has 0 bridgehead atoms. The number of carbonyl (C=O) groups excluding carboxylic acids is 3. The van der Waals surface area contributed by atoms with Crippen LogP contribution < -0.4 is 4.90 Å². The van der Waals surface area contributed by atoms with E-state index < -0.39 is 0 Å². The van der Waals surface area contributed by atoms with Crippen molar-refractivity contribution in [2.24, 2.45) is 0 Å². The van der Waals surface area contributed by atoms with Crippen molar-refractivity contribution in [3.8, 4) is 11.1 Å². The number of rotatable bonds is 3. The lowest BCUT2D eigenvalue weighted by Crippen LogP contribution is -2.29. The van der Waals surface area contributed by atoms with Gasteiger partial charge in [-0.15, -0.1) is 0 Å². The minimum Gasteiger partial charge on any atom is -0.465 e. The number of anilines is 1. The smallest absolute Gasteiger partial charge is 0.337 e. The van der Waals surface area contributed by atoms with Crippen LogP contribution >= 0.6 is 0 Å². The van der Waals surface area contributed by atoms with Gasteiger partial charge in [0.15, 0.2) is 0 Å². The standard InChI is InChI=1S/C22H15NO4/c1-27-22(26)16-8-6-14(7-9-16)15-10-12-17(13-11-15)23-20(24)18-4-2-3-5-19(18)21(23)25/h2-13H,1H3. The first-order valence-corrected chi connectivity index (χ1v) is 8.37. The highest BCUT2D eigenvalue weighted by Gasteiger charge is 2.36. The predicted molar refractivity (Wildman–Crippen MR) is 101 cm³/mol. The number of methoxy groups -OCH3 is 1. The molecule has 2 amide bonds. The maximum Gasteiger partial charge on any atom is 0.337 e. The Morgan fingerprint density at radius 2 is 1.22 bits per heavy atom. The fourth-order valence-corrected chi connectivity index (χ4v) is 3.14. The van der Waals surface area contributed by atoms with E-state index in [1.165, 1.54) is 12.0 Å². The Labute approximate surface area is 155 Å². The van der Waals surface area contributed by atoms with Gasteiger partial charge in [0.25, 0.3) is 11.8 Å². The van der Waals surface area contributed by atoms with E-state index in [1.807, 2.05) is 24.3 Å². The number of esters is 1. The highest BCUT2D eigenvalue weighted by atomic mass is 16.5. The second kappa shape index (κ2) is 6.53. The lowest BCUT2D eigenvalue weighted by atomic mass is 10.0. The van der Waals surface area contributed by atoms with Crippen molar-refractivity contribution < 1.29 is 19.1 Å². The topological polar surface area (TPSA) is 63.7 Å². The number of imide groups is 1. The van der Waals surface area contributed by atoms with Crippen LogP contribution in [0.2, 0.25) is 0 Å². The third-order valence-electron chi connectivity index (χ3n) is 4.56. The van der Waals surface area contributed by atoms with Gasteiger partial charge in [0, 0.05) is 0 Å². The van der Waals surface area contributed by atoms with E-state index in [9.17, 15) is 14.4 Å². The Hall–Kier alpha value is -3.73. The van der Waals surface area contributed by atoms with Gasteiger partial charge in [-0.1, -0.05) is 36.4 Å². The maximum atomic E-state index is 12.6. The van der Waals surface area contributed by atoms with Crippen LogP contribution in [-0.4, -0.2) is 24.9 Å². The summed E-state index contributed by atoms with van der Waals surface area (Å²) in [5.41, 5.74) is 3.67. The summed E-state index contributed by atoms with van der Waals surface area (Å²) in [5, 5.41) is 0. The van der Waals surface area contributed by atoms with Crippen LogP contribution in [0.25, 0.3) is 11.1 Å².